The van der Waals surface area contributed by atoms with E-state index < -0.39 is 37.1 Å². The minimum Gasteiger partial charge on any atom is -0.496 e. The van der Waals surface area contributed by atoms with Crippen molar-refractivity contribution in [1.29, 1.82) is 0 Å². The van der Waals surface area contributed by atoms with Gasteiger partial charge in [0.05, 0.1) is 20.8 Å². The fourth-order valence-corrected chi connectivity index (χ4v) is 4.29. The van der Waals surface area contributed by atoms with Gasteiger partial charge in [0, 0.05) is 18.1 Å². The van der Waals surface area contributed by atoms with Gasteiger partial charge in [-0.25, -0.2) is 0 Å². The first kappa shape index (κ1) is 21.1. The van der Waals surface area contributed by atoms with Crippen molar-refractivity contribution in [2.75, 3.05) is 20.8 Å². The van der Waals surface area contributed by atoms with Crippen molar-refractivity contribution in [3.05, 3.63) is 58.1 Å². The van der Waals surface area contributed by atoms with Crippen molar-refractivity contribution < 1.29 is 34.6 Å². The monoisotopic (exact) mass is 416 g/mol. The third kappa shape index (κ3) is 3.68. The van der Waals surface area contributed by atoms with E-state index in [-0.39, 0.29) is 0 Å². The van der Waals surface area contributed by atoms with E-state index in [1.807, 2.05) is 6.07 Å². The summed E-state index contributed by atoms with van der Waals surface area (Å²) in [5, 5.41) is 40.4. The summed E-state index contributed by atoms with van der Waals surface area (Å²) in [5.74, 6) is 1.07. The maximum absolute atomic E-state index is 10.6. The van der Waals surface area contributed by atoms with Crippen LogP contribution >= 0.6 is 0 Å². The average Bonchev–Trinajstić information content (AvgIpc) is 2.74. The number of rotatable bonds is 6. The lowest BCUT2D eigenvalue weighted by Gasteiger charge is -2.40. The van der Waals surface area contributed by atoms with E-state index in [4.69, 9.17) is 14.2 Å². The highest BCUT2D eigenvalue weighted by atomic mass is 16.5. The Bertz CT molecular complexity index is 911. The summed E-state index contributed by atoms with van der Waals surface area (Å²) in [7, 11) is 3.09. The fraction of sp³-hybridized carbons (Fsp3) is 0.478. The molecule has 1 aliphatic carbocycles. The van der Waals surface area contributed by atoms with Crippen LogP contribution in [0.15, 0.2) is 30.3 Å². The minimum atomic E-state index is -1.45. The highest BCUT2D eigenvalue weighted by molar-refractivity contribution is 5.50. The van der Waals surface area contributed by atoms with Crippen LogP contribution in [0, 0.1) is 0 Å². The van der Waals surface area contributed by atoms with Crippen LogP contribution in [0.2, 0.25) is 0 Å². The molecule has 0 bridgehead atoms. The molecule has 30 heavy (non-hydrogen) atoms. The summed E-state index contributed by atoms with van der Waals surface area (Å²) in [6.07, 6.45) is -3.37. The van der Waals surface area contributed by atoms with Crippen LogP contribution < -0.4 is 9.47 Å². The maximum atomic E-state index is 10.6. The largest absolute Gasteiger partial charge is 0.496 e. The number of ether oxygens (including phenoxy) is 3. The van der Waals surface area contributed by atoms with E-state index in [1.165, 1.54) is 18.2 Å². The van der Waals surface area contributed by atoms with E-state index in [0.717, 1.165) is 24.0 Å². The van der Waals surface area contributed by atoms with Crippen LogP contribution in [0.5, 0.6) is 11.5 Å². The summed E-state index contributed by atoms with van der Waals surface area (Å²) >= 11 is 0. The van der Waals surface area contributed by atoms with Gasteiger partial charge in [-0.3, -0.25) is 0 Å². The highest BCUT2D eigenvalue weighted by Gasteiger charge is 2.45. The highest BCUT2D eigenvalue weighted by Crippen LogP contribution is 2.40. The molecule has 162 valence electrons. The molecule has 4 N–H and O–H groups in total. The summed E-state index contributed by atoms with van der Waals surface area (Å²) in [6, 6.07) is 10.0. The SMILES string of the molecule is COc1cc(OC)c([C@@H]2O[C@H](CO)[C@@H](O)[C@H](O)[C@H]2O)cc1Cc1ccc2c(c1)CC2. The van der Waals surface area contributed by atoms with Crippen molar-refractivity contribution in [3.8, 4) is 11.5 Å². The van der Waals surface area contributed by atoms with E-state index in [2.05, 4.69) is 18.2 Å². The Morgan fingerprint density at radius 2 is 1.63 bits per heavy atom. The molecular formula is C23H28O7. The molecule has 4 rings (SSSR count). The van der Waals surface area contributed by atoms with E-state index >= 15 is 0 Å². The number of benzene rings is 2. The van der Waals surface area contributed by atoms with E-state index in [9.17, 15) is 20.4 Å². The average molecular weight is 416 g/mol. The van der Waals surface area contributed by atoms with Gasteiger partial charge < -0.3 is 34.6 Å². The summed E-state index contributed by atoms with van der Waals surface area (Å²) in [4.78, 5) is 0. The zero-order chi connectivity index (χ0) is 21.4. The molecule has 7 heteroatoms. The zero-order valence-electron chi connectivity index (χ0n) is 17.1. The molecule has 5 atom stereocenters. The van der Waals surface area contributed by atoms with Gasteiger partial charge >= 0.3 is 0 Å². The molecule has 0 aromatic heterocycles. The Morgan fingerprint density at radius 3 is 2.23 bits per heavy atom. The molecule has 2 aromatic rings. The van der Waals surface area contributed by atoms with Gasteiger partial charge in [0.25, 0.3) is 0 Å². The molecule has 0 spiro atoms. The van der Waals surface area contributed by atoms with Gasteiger partial charge in [-0.1, -0.05) is 18.2 Å². The lowest BCUT2D eigenvalue weighted by atomic mass is 9.85. The lowest BCUT2D eigenvalue weighted by Crippen LogP contribution is -2.55. The Balaban J connectivity index is 1.71. The number of hydrogen-bond donors (Lipinski definition) is 4. The van der Waals surface area contributed by atoms with Crippen LogP contribution in [0.3, 0.4) is 0 Å². The van der Waals surface area contributed by atoms with Crippen molar-refractivity contribution in [2.45, 2.75) is 49.8 Å². The second-order valence-corrected chi connectivity index (χ2v) is 7.94. The molecule has 1 fully saturated rings. The molecule has 2 aromatic carbocycles. The second kappa shape index (κ2) is 8.53. The van der Waals surface area contributed by atoms with E-state index in [1.54, 1.807) is 13.2 Å². The standard InChI is InChI=1S/C23H28O7/c1-28-17-10-18(29-2)16(23-22(27)21(26)20(25)19(11-24)30-23)9-15(17)8-12-3-4-13-5-6-14(13)7-12/h3-4,7,9-10,19-27H,5-6,8,11H2,1-2H3/t19-,20-,21+,22-,23+/m1/s1. The Hall–Kier alpha value is -2.16. The third-order valence-electron chi connectivity index (χ3n) is 6.16. The number of aryl methyl sites for hydroxylation is 2. The number of methoxy groups -OCH3 is 2. The summed E-state index contributed by atoms with van der Waals surface area (Å²) < 4.78 is 16.8. The predicted octanol–water partition coefficient (Wildman–Crippen LogP) is 0.908. The molecule has 0 radical (unpaired) electrons. The fourth-order valence-electron chi connectivity index (χ4n) is 4.29. The molecule has 1 heterocycles. The first-order chi connectivity index (χ1) is 14.5. The number of aliphatic hydroxyl groups is 4. The molecule has 0 saturated carbocycles. The topological polar surface area (TPSA) is 109 Å². The maximum Gasteiger partial charge on any atom is 0.128 e. The van der Waals surface area contributed by atoms with Gasteiger partial charge in [-0.15, -0.1) is 0 Å². The van der Waals surface area contributed by atoms with Gasteiger partial charge in [-0.2, -0.15) is 0 Å². The molecule has 0 amide bonds. The minimum absolute atomic E-state index is 0.428. The summed E-state index contributed by atoms with van der Waals surface area (Å²) in [6.45, 7) is -0.484. The number of fused-ring (bicyclic) bond motifs is 1. The Labute approximate surface area is 175 Å². The first-order valence-corrected chi connectivity index (χ1v) is 10.1. The Kier molecular flexibility index (Phi) is 5.99. The third-order valence-corrected chi connectivity index (χ3v) is 6.16. The number of aliphatic hydroxyl groups excluding tert-OH is 4. The van der Waals surface area contributed by atoms with Gasteiger partial charge in [0.1, 0.15) is 42.0 Å². The van der Waals surface area contributed by atoms with Crippen molar-refractivity contribution in [3.63, 3.8) is 0 Å². The molecule has 0 unspecified atom stereocenters. The van der Waals surface area contributed by atoms with Crippen molar-refractivity contribution >= 4 is 0 Å². The molecule has 1 saturated heterocycles. The molecule has 1 aliphatic heterocycles. The van der Waals surface area contributed by atoms with Crippen LogP contribution in [0.1, 0.15) is 33.9 Å². The second-order valence-electron chi connectivity index (χ2n) is 7.94. The van der Waals surface area contributed by atoms with Crippen LogP contribution in [0.4, 0.5) is 0 Å². The van der Waals surface area contributed by atoms with Crippen molar-refractivity contribution in [2.24, 2.45) is 0 Å². The summed E-state index contributed by atoms with van der Waals surface area (Å²) in [5.41, 5.74) is 5.31. The smallest absolute Gasteiger partial charge is 0.128 e. The van der Waals surface area contributed by atoms with E-state index in [0.29, 0.717) is 23.5 Å². The van der Waals surface area contributed by atoms with Crippen LogP contribution in [0.25, 0.3) is 0 Å². The predicted molar refractivity (Wildman–Crippen MR) is 109 cm³/mol. The van der Waals surface area contributed by atoms with Crippen LogP contribution in [-0.2, 0) is 24.0 Å². The number of hydrogen-bond acceptors (Lipinski definition) is 7. The molecular weight excluding hydrogens is 388 g/mol. The molecule has 7 nitrogen and oxygen atoms in total. The lowest BCUT2D eigenvalue weighted by molar-refractivity contribution is -0.232. The quantitative estimate of drug-likeness (QED) is 0.554. The zero-order valence-corrected chi connectivity index (χ0v) is 17.1. The van der Waals surface area contributed by atoms with Gasteiger partial charge in [0.2, 0.25) is 0 Å². The van der Waals surface area contributed by atoms with Crippen molar-refractivity contribution in [1.82, 2.24) is 0 Å². The molecule has 2 aliphatic rings. The van der Waals surface area contributed by atoms with Gasteiger partial charge in [0.15, 0.2) is 0 Å². The Morgan fingerprint density at radius 1 is 0.900 bits per heavy atom. The van der Waals surface area contributed by atoms with Crippen LogP contribution in [-0.4, -0.2) is 65.7 Å². The van der Waals surface area contributed by atoms with Gasteiger partial charge in [-0.05, 0) is 41.2 Å². The normalized spacial score (nSPS) is 27.9. The first-order valence-electron chi connectivity index (χ1n) is 10.1.